The van der Waals surface area contributed by atoms with Crippen LogP contribution in [0.15, 0.2) is 42.5 Å². The summed E-state index contributed by atoms with van der Waals surface area (Å²) >= 11 is 0. The number of rotatable bonds is 10. The van der Waals surface area contributed by atoms with Gasteiger partial charge in [-0.1, -0.05) is 30.3 Å². The maximum atomic E-state index is 14.3. The van der Waals surface area contributed by atoms with E-state index in [0.717, 1.165) is 5.56 Å². The average Bonchev–Trinajstić information content (AvgIpc) is 3.07. The summed E-state index contributed by atoms with van der Waals surface area (Å²) in [5, 5.41) is 0. The van der Waals surface area contributed by atoms with Gasteiger partial charge in [-0.3, -0.25) is 0 Å². The molecule has 0 aromatic heterocycles. The molecule has 1 aliphatic rings. The van der Waals surface area contributed by atoms with Crippen molar-refractivity contribution >= 4 is 0 Å². The van der Waals surface area contributed by atoms with Crippen LogP contribution < -0.4 is 9.47 Å². The van der Waals surface area contributed by atoms with Crippen molar-refractivity contribution in [2.45, 2.75) is 19.1 Å². The van der Waals surface area contributed by atoms with Crippen LogP contribution in [0.2, 0.25) is 0 Å². The summed E-state index contributed by atoms with van der Waals surface area (Å²) in [6, 6.07) is 12.9. The lowest BCUT2D eigenvalue weighted by atomic mass is 10.1. The van der Waals surface area contributed by atoms with Gasteiger partial charge in [0.25, 0.3) is 0 Å². The lowest BCUT2D eigenvalue weighted by Gasteiger charge is -2.12. The molecule has 6 heteroatoms. The Balaban J connectivity index is 1.49. The zero-order valence-electron chi connectivity index (χ0n) is 14.8. The summed E-state index contributed by atoms with van der Waals surface area (Å²) in [5.41, 5.74) is 1.58. The molecule has 2 aromatic rings. The van der Waals surface area contributed by atoms with E-state index in [1.165, 1.54) is 6.07 Å². The van der Waals surface area contributed by atoms with Gasteiger partial charge < -0.3 is 23.7 Å². The average molecular weight is 362 g/mol. The lowest BCUT2D eigenvalue weighted by molar-refractivity contribution is -0.0811. The summed E-state index contributed by atoms with van der Waals surface area (Å²) in [7, 11) is 1.61. The van der Waals surface area contributed by atoms with Crippen molar-refractivity contribution in [3.8, 4) is 11.5 Å². The third-order valence-corrected chi connectivity index (χ3v) is 4.00. The molecule has 0 bridgehead atoms. The van der Waals surface area contributed by atoms with Gasteiger partial charge in [0, 0.05) is 31.2 Å². The first kappa shape index (κ1) is 18.6. The molecule has 0 radical (unpaired) electrons. The number of hydrogen-bond donors (Lipinski definition) is 0. The molecule has 0 saturated carbocycles. The van der Waals surface area contributed by atoms with Gasteiger partial charge in [-0.2, -0.15) is 0 Å². The quantitative estimate of drug-likeness (QED) is 0.479. The van der Waals surface area contributed by atoms with Crippen LogP contribution in [-0.2, 0) is 27.2 Å². The first-order valence-corrected chi connectivity index (χ1v) is 8.56. The van der Waals surface area contributed by atoms with Gasteiger partial charge in [0.2, 0.25) is 0 Å². The van der Waals surface area contributed by atoms with Crippen molar-refractivity contribution in [1.82, 2.24) is 0 Å². The Bertz CT molecular complexity index is 692. The fraction of sp³-hybridized carbons (Fsp3) is 0.400. The van der Waals surface area contributed by atoms with Crippen LogP contribution in [0.4, 0.5) is 4.39 Å². The monoisotopic (exact) mass is 362 g/mol. The van der Waals surface area contributed by atoms with Crippen LogP contribution in [0.5, 0.6) is 11.5 Å². The van der Waals surface area contributed by atoms with Gasteiger partial charge in [-0.05, 0) is 5.56 Å². The molecule has 26 heavy (non-hydrogen) atoms. The van der Waals surface area contributed by atoms with Gasteiger partial charge >= 0.3 is 0 Å². The predicted octanol–water partition coefficient (Wildman–Crippen LogP) is 3.35. The number of benzene rings is 2. The maximum Gasteiger partial charge on any atom is 0.147 e. The number of ether oxygens (including phenoxy) is 5. The zero-order chi connectivity index (χ0) is 18.2. The van der Waals surface area contributed by atoms with Crippen LogP contribution in [0.3, 0.4) is 0 Å². The highest BCUT2D eigenvalue weighted by Gasteiger charge is 2.27. The molecule has 1 aliphatic heterocycles. The largest absolute Gasteiger partial charge is 0.489 e. The van der Waals surface area contributed by atoms with E-state index in [-0.39, 0.29) is 18.7 Å². The molecule has 0 saturated heterocycles. The molecule has 0 aliphatic carbocycles. The minimum atomic E-state index is -0.315. The number of halogens is 1. The second kappa shape index (κ2) is 9.52. The fourth-order valence-electron chi connectivity index (χ4n) is 2.70. The highest BCUT2D eigenvalue weighted by atomic mass is 19.1. The van der Waals surface area contributed by atoms with Crippen LogP contribution >= 0.6 is 0 Å². The summed E-state index contributed by atoms with van der Waals surface area (Å²) in [6.45, 7) is 1.86. The summed E-state index contributed by atoms with van der Waals surface area (Å²) < 4.78 is 41.3. The van der Waals surface area contributed by atoms with E-state index >= 15 is 0 Å². The SMILES string of the molecule is COCCOCOC[C@H]1Cc2c(F)cc(OCc3ccccc3)cc2O1. The van der Waals surface area contributed by atoms with E-state index < -0.39 is 0 Å². The van der Waals surface area contributed by atoms with Crippen molar-refractivity contribution in [3.63, 3.8) is 0 Å². The first-order chi connectivity index (χ1) is 12.8. The fourth-order valence-corrected chi connectivity index (χ4v) is 2.70. The maximum absolute atomic E-state index is 14.3. The zero-order valence-corrected chi connectivity index (χ0v) is 14.8. The van der Waals surface area contributed by atoms with Gasteiger partial charge in [0.1, 0.15) is 36.8 Å². The molecule has 0 unspecified atom stereocenters. The van der Waals surface area contributed by atoms with Crippen molar-refractivity contribution in [2.24, 2.45) is 0 Å². The molecule has 1 atom stereocenters. The summed E-state index contributed by atoms with van der Waals surface area (Å²) in [5.74, 6) is 0.654. The van der Waals surface area contributed by atoms with Crippen LogP contribution in [0.1, 0.15) is 11.1 Å². The molecule has 1 heterocycles. The normalized spacial score (nSPS) is 15.5. The Kier molecular flexibility index (Phi) is 6.82. The van der Waals surface area contributed by atoms with E-state index in [2.05, 4.69) is 0 Å². The number of fused-ring (bicyclic) bond motifs is 1. The highest BCUT2D eigenvalue weighted by Crippen LogP contribution is 2.35. The smallest absolute Gasteiger partial charge is 0.147 e. The summed E-state index contributed by atoms with van der Waals surface area (Å²) in [4.78, 5) is 0. The van der Waals surface area contributed by atoms with Crippen LogP contribution in [0, 0.1) is 5.82 Å². The Morgan fingerprint density at radius 2 is 1.96 bits per heavy atom. The molecule has 0 spiro atoms. The Morgan fingerprint density at radius 3 is 2.77 bits per heavy atom. The molecule has 0 fully saturated rings. The molecular formula is C20H23FO5. The molecule has 0 N–H and O–H groups in total. The van der Waals surface area contributed by atoms with Gasteiger partial charge in [-0.15, -0.1) is 0 Å². The van der Waals surface area contributed by atoms with E-state index in [4.69, 9.17) is 23.7 Å². The molecule has 140 valence electrons. The molecule has 3 rings (SSSR count). The van der Waals surface area contributed by atoms with Gasteiger partial charge in [-0.25, -0.2) is 4.39 Å². The summed E-state index contributed by atoms with van der Waals surface area (Å²) in [6.07, 6.45) is 0.243. The number of hydrogen-bond acceptors (Lipinski definition) is 5. The van der Waals surface area contributed by atoms with Crippen molar-refractivity contribution < 1.29 is 28.1 Å². The molecule has 2 aromatic carbocycles. The second-order valence-electron chi connectivity index (χ2n) is 5.99. The van der Waals surface area contributed by atoms with Crippen molar-refractivity contribution in [1.29, 1.82) is 0 Å². The lowest BCUT2D eigenvalue weighted by Crippen LogP contribution is -2.21. The third kappa shape index (κ3) is 5.17. The van der Waals surface area contributed by atoms with Gasteiger partial charge in [0.05, 0.1) is 19.8 Å². The number of methoxy groups -OCH3 is 1. The molecule has 0 amide bonds. The van der Waals surface area contributed by atoms with Crippen molar-refractivity contribution in [3.05, 3.63) is 59.4 Å². The predicted molar refractivity (Wildman–Crippen MR) is 93.9 cm³/mol. The Morgan fingerprint density at radius 1 is 1.12 bits per heavy atom. The molecular weight excluding hydrogens is 339 g/mol. The Hall–Kier alpha value is -2.15. The van der Waals surface area contributed by atoms with Crippen LogP contribution in [0.25, 0.3) is 0 Å². The first-order valence-electron chi connectivity index (χ1n) is 8.56. The van der Waals surface area contributed by atoms with E-state index in [0.29, 0.717) is 49.9 Å². The van der Waals surface area contributed by atoms with Gasteiger partial charge in [0.15, 0.2) is 0 Å². The minimum Gasteiger partial charge on any atom is -0.489 e. The van der Waals surface area contributed by atoms with Crippen molar-refractivity contribution in [2.75, 3.05) is 33.7 Å². The van der Waals surface area contributed by atoms with E-state index in [9.17, 15) is 4.39 Å². The molecule has 5 nitrogen and oxygen atoms in total. The highest BCUT2D eigenvalue weighted by molar-refractivity contribution is 5.44. The standard InChI is InChI=1S/C20H23FO5/c1-22-7-8-23-14-24-13-17-9-18-19(21)10-16(11-20(18)26-17)25-12-15-5-3-2-4-6-15/h2-6,10-11,17H,7-9,12-14H2,1H3/t17-/m1/s1. The second-order valence-corrected chi connectivity index (χ2v) is 5.99. The topological polar surface area (TPSA) is 46.2 Å². The third-order valence-electron chi connectivity index (χ3n) is 4.00. The minimum absolute atomic E-state index is 0.160. The van der Waals surface area contributed by atoms with Crippen LogP contribution in [-0.4, -0.2) is 39.8 Å². The van der Waals surface area contributed by atoms with E-state index in [1.807, 2.05) is 30.3 Å². The Labute approximate surface area is 152 Å². The van der Waals surface area contributed by atoms with E-state index in [1.54, 1.807) is 13.2 Å².